The highest BCUT2D eigenvalue weighted by Gasteiger charge is 2.70. The molecule has 12 aliphatic rings. The summed E-state index contributed by atoms with van der Waals surface area (Å²) in [6.07, 6.45) is 11.8. The molecule has 26 atom stereocenters. The van der Waals surface area contributed by atoms with Gasteiger partial charge in [-0.3, -0.25) is 0 Å². The van der Waals surface area contributed by atoms with E-state index >= 15 is 0 Å². The van der Waals surface area contributed by atoms with Crippen LogP contribution in [0.3, 0.4) is 0 Å². The van der Waals surface area contributed by atoms with Crippen molar-refractivity contribution < 1.29 is 82.9 Å². The Hall–Kier alpha value is -2.39. The van der Waals surface area contributed by atoms with Gasteiger partial charge in [0, 0.05) is 42.6 Å². The SMILES string of the molecule is CO[C@H]1[C@H](O)[C@H](O[C@H]2CC[C@@]3(C)[C@H](CC[C@@H]4[C@@H]3CC[C@]3(C)[C@@H](C5=CC(=O)OC5)CC[C@]43O)C2)O[C@@H](C)[C@@H]1O.CO[C@H]1[C@H](O)[C@H](O[C@H]2CC[C@@]3(C=O)[C@H](CC[C@@H]4[C@@H]3CC[C@]3(C)[C@@H](C5=CC(=O)OC5)CC[C@]43O)C2)O[C@@H](C)[C@@H]1O. The molecule has 4 heterocycles. The summed E-state index contributed by atoms with van der Waals surface area (Å²) in [5.41, 5.74) is -0.382. The van der Waals surface area contributed by atoms with Crippen LogP contribution in [0.5, 0.6) is 0 Å². The minimum Gasteiger partial charge on any atom is -0.458 e. The second-order valence-corrected chi connectivity index (χ2v) is 27.2. The number of rotatable bonds is 9. The van der Waals surface area contributed by atoms with Crippen LogP contribution in [0.2, 0.25) is 0 Å². The number of aliphatic hydroxyl groups excluding tert-OH is 4. The largest absolute Gasteiger partial charge is 0.458 e. The molecule has 0 amide bonds. The molecule has 0 radical (unpaired) electrons. The van der Waals surface area contributed by atoms with Crippen molar-refractivity contribution >= 4 is 18.2 Å². The van der Waals surface area contributed by atoms with Crippen LogP contribution in [0.1, 0.15) is 150 Å². The van der Waals surface area contributed by atoms with Crippen LogP contribution in [0.25, 0.3) is 0 Å². The van der Waals surface area contributed by atoms with Crippen molar-refractivity contribution in [3.05, 3.63) is 23.3 Å². The molecular formula is C60H90O17. The van der Waals surface area contributed by atoms with Crippen molar-refractivity contribution in [3.8, 4) is 0 Å². The van der Waals surface area contributed by atoms with Gasteiger partial charge in [-0.05, 0) is 193 Å². The number of cyclic esters (lactones) is 2. The molecule has 6 N–H and O–H groups in total. The second-order valence-electron chi connectivity index (χ2n) is 27.2. The van der Waals surface area contributed by atoms with Gasteiger partial charge < -0.3 is 73.3 Å². The fourth-order valence-electron chi connectivity index (χ4n) is 20.1. The zero-order valence-corrected chi connectivity index (χ0v) is 46.6. The Balaban J connectivity index is 0.000000164. The molecule has 0 bridgehead atoms. The molecule has 8 aliphatic carbocycles. The Kier molecular flexibility index (Phi) is 15.3. The quantitative estimate of drug-likeness (QED) is 0.0962. The van der Waals surface area contributed by atoms with Crippen LogP contribution in [-0.2, 0) is 52.3 Å². The maximum Gasteiger partial charge on any atom is 0.331 e. The van der Waals surface area contributed by atoms with Crippen LogP contribution in [-0.4, -0.2) is 161 Å². The maximum absolute atomic E-state index is 13.0. The number of ether oxygens (including phenoxy) is 8. The van der Waals surface area contributed by atoms with Gasteiger partial charge in [0.2, 0.25) is 0 Å². The maximum atomic E-state index is 13.0. The van der Waals surface area contributed by atoms with Crippen molar-refractivity contribution in [1.29, 1.82) is 0 Å². The molecule has 2 saturated heterocycles. The topological polar surface area (TPSA) is 246 Å². The first-order chi connectivity index (χ1) is 36.6. The lowest BCUT2D eigenvalue weighted by Crippen LogP contribution is -2.63. The fourth-order valence-corrected chi connectivity index (χ4v) is 20.1. The van der Waals surface area contributed by atoms with Crippen molar-refractivity contribution in [3.63, 3.8) is 0 Å². The molecule has 17 nitrogen and oxygen atoms in total. The molecule has 0 spiro atoms. The van der Waals surface area contributed by atoms with E-state index in [0.29, 0.717) is 50.7 Å². The summed E-state index contributed by atoms with van der Waals surface area (Å²) in [5.74, 6) is 1.37. The molecule has 0 aromatic rings. The number of aliphatic hydroxyl groups is 6. The third-order valence-electron chi connectivity index (χ3n) is 24.4. The van der Waals surface area contributed by atoms with E-state index in [2.05, 4.69) is 20.8 Å². The summed E-state index contributed by atoms with van der Waals surface area (Å²) in [4.78, 5) is 36.6. The Morgan fingerprint density at radius 3 is 1.47 bits per heavy atom. The summed E-state index contributed by atoms with van der Waals surface area (Å²) in [6.45, 7) is 11.1. The molecule has 4 aliphatic heterocycles. The molecule has 17 heteroatoms. The van der Waals surface area contributed by atoms with Crippen LogP contribution < -0.4 is 0 Å². The minimum absolute atomic E-state index is 0.0103. The Morgan fingerprint density at radius 2 is 1.00 bits per heavy atom. The van der Waals surface area contributed by atoms with Crippen molar-refractivity contribution in [1.82, 2.24) is 0 Å². The second kappa shape index (κ2) is 20.8. The number of hydrogen-bond acceptors (Lipinski definition) is 17. The Labute approximate surface area is 454 Å². The Bertz CT molecular complexity index is 2290. The van der Waals surface area contributed by atoms with Gasteiger partial charge in [0.25, 0.3) is 0 Å². The monoisotopic (exact) mass is 1080 g/mol. The molecule has 12 rings (SSSR count). The lowest BCUT2D eigenvalue weighted by Gasteiger charge is -2.64. The van der Waals surface area contributed by atoms with E-state index in [0.717, 1.165) is 101 Å². The van der Waals surface area contributed by atoms with Gasteiger partial charge in [0.15, 0.2) is 12.6 Å². The van der Waals surface area contributed by atoms with E-state index in [1.165, 1.54) is 20.5 Å². The highest BCUT2D eigenvalue weighted by atomic mass is 16.7. The van der Waals surface area contributed by atoms with Gasteiger partial charge in [-0.15, -0.1) is 0 Å². The average molecular weight is 1080 g/mol. The van der Waals surface area contributed by atoms with Gasteiger partial charge in [0.05, 0.1) is 35.6 Å². The number of esters is 2. The number of carbonyl (C=O) groups excluding carboxylic acids is 3. The molecule has 8 saturated carbocycles. The number of hydrogen-bond donors (Lipinski definition) is 6. The first-order valence-electron chi connectivity index (χ1n) is 29.6. The van der Waals surface area contributed by atoms with Crippen LogP contribution >= 0.6 is 0 Å². The lowest BCUT2D eigenvalue weighted by atomic mass is 9.43. The van der Waals surface area contributed by atoms with E-state index in [4.69, 9.17) is 37.9 Å². The van der Waals surface area contributed by atoms with Gasteiger partial charge in [0.1, 0.15) is 56.1 Å². The number of fused-ring (bicyclic) bond motifs is 10. The summed E-state index contributed by atoms with van der Waals surface area (Å²) in [6, 6.07) is 0. The molecule has 432 valence electrons. The van der Waals surface area contributed by atoms with Crippen LogP contribution in [0.15, 0.2) is 23.3 Å². The summed E-state index contributed by atoms with van der Waals surface area (Å²) in [7, 11) is 2.95. The highest BCUT2D eigenvalue weighted by molar-refractivity contribution is 5.86. The molecule has 0 aromatic heterocycles. The first kappa shape index (κ1) is 56.5. The van der Waals surface area contributed by atoms with Gasteiger partial charge in [-0.1, -0.05) is 20.8 Å². The van der Waals surface area contributed by atoms with E-state index in [-0.39, 0.29) is 75.9 Å². The normalized spacial score (nSPS) is 53.9. The lowest BCUT2D eigenvalue weighted by molar-refractivity contribution is -0.313. The zero-order chi connectivity index (χ0) is 54.8. The third-order valence-corrected chi connectivity index (χ3v) is 24.4. The number of methoxy groups -OCH3 is 2. The first-order valence-corrected chi connectivity index (χ1v) is 29.6. The smallest absolute Gasteiger partial charge is 0.331 e. The number of aldehydes is 1. The van der Waals surface area contributed by atoms with E-state index in [1.54, 1.807) is 26.0 Å². The van der Waals surface area contributed by atoms with Gasteiger partial charge >= 0.3 is 11.9 Å². The highest BCUT2D eigenvalue weighted by Crippen LogP contribution is 2.72. The standard InChI is InChI=1S/C30H44O9.C30H46O8/c1-16-24(33)26(36-3)25(34)27(38-16)39-19-6-10-29(15-31)18(13-19)4-5-22-21(29)7-9-28(2)20(8-11-30(22,28)35)17-12-23(32)37-14-17;1-16-24(32)26(35-4)25(33)27(37-16)38-19-7-10-28(2)18(14-19)5-6-22-21(28)8-11-29(3)20(9-12-30(22,29)34)17-13-23(31)36-15-17/h12,15-16,18-22,24-27,33-35H,4-11,13-14H2,1-3H3;13,16,18-22,24-27,32-34H,5-12,14-15H2,1-4H3/t16-,18+,19-,20+,21-,22+,24-,25-,26+,27-,28+,29+,30-;16-,18+,19-,20+,21-,22+,24-,25-,26+,27-,28-,29+,30-/m00/s1. The molecule has 0 aromatic carbocycles. The Morgan fingerprint density at radius 1 is 0.545 bits per heavy atom. The van der Waals surface area contributed by atoms with Crippen molar-refractivity contribution in [2.24, 2.45) is 69.0 Å². The van der Waals surface area contributed by atoms with Crippen LogP contribution in [0, 0.1) is 69.0 Å². The predicted molar refractivity (Wildman–Crippen MR) is 276 cm³/mol. The predicted octanol–water partition coefficient (Wildman–Crippen LogP) is 5.40. The van der Waals surface area contributed by atoms with Crippen molar-refractivity contribution in [2.75, 3.05) is 27.4 Å². The average Bonchev–Trinajstić information content (AvgIpc) is 4.40. The molecular weight excluding hydrogens is 993 g/mol. The fraction of sp³-hybridized carbons (Fsp3) is 0.883. The minimum atomic E-state index is -1.11. The molecule has 0 unspecified atom stereocenters. The van der Waals surface area contributed by atoms with Crippen LogP contribution in [0.4, 0.5) is 0 Å². The van der Waals surface area contributed by atoms with E-state index in [9.17, 15) is 45.0 Å². The van der Waals surface area contributed by atoms with E-state index < -0.39 is 78.0 Å². The van der Waals surface area contributed by atoms with Gasteiger partial charge in [-0.25, -0.2) is 9.59 Å². The summed E-state index contributed by atoms with van der Waals surface area (Å²) >= 11 is 0. The van der Waals surface area contributed by atoms with E-state index in [1.807, 2.05) is 0 Å². The molecule has 10 fully saturated rings. The summed E-state index contributed by atoms with van der Waals surface area (Å²) in [5, 5.41) is 66.9. The van der Waals surface area contributed by atoms with Gasteiger partial charge in [-0.2, -0.15) is 0 Å². The zero-order valence-electron chi connectivity index (χ0n) is 46.6. The van der Waals surface area contributed by atoms with Crippen molar-refractivity contribution in [2.45, 2.75) is 235 Å². The summed E-state index contributed by atoms with van der Waals surface area (Å²) < 4.78 is 45.5. The third kappa shape index (κ3) is 8.84. The number of carbonyl (C=O) groups is 3. The molecule has 77 heavy (non-hydrogen) atoms.